The molecule has 0 saturated carbocycles. The van der Waals surface area contributed by atoms with E-state index in [0.717, 1.165) is 0 Å². The quantitative estimate of drug-likeness (QED) is 0.873. The minimum Gasteiger partial charge on any atom is -0.396 e. The van der Waals surface area contributed by atoms with Crippen molar-refractivity contribution < 1.29 is 9.90 Å². The third-order valence-electron chi connectivity index (χ3n) is 3.04. The van der Waals surface area contributed by atoms with E-state index in [4.69, 9.17) is 28.3 Å². The molecule has 22 heavy (non-hydrogen) atoms. The minimum atomic E-state index is -0.412. The number of nitrogens with one attached hydrogen (secondary N) is 1. The largest absolute Gasteiger partial charge is 0.396 e. The summed E-state index contributed by atoms with van der Waals surface area (Å²) in [6.45, 7) is 3.87. The Hall–Kier alpha value is -1.63. The molecule has 1 amide bonds. The van der Waals surface area contributed by atoms with Crippen molar-refractivity contribution in [1.82, 2.24) is 20.1 Å². The molecule has 118 valence electrons. The van der Waals surface area contributed by atoms with Gasteiger partial charge in [-0.05, 0) is 25.0 Å². The molecule has 0 spiro atoms. The second-order valence-electron chi connectivity index (χ2n) is 4.96. The van der Waals surface area contributed by atoms with Crippen molar-refractivity contribution in [3.8, 4) is 5.69 Å². The van der Waals surface area contributed by atoms with Gasteiger partial charge in [-0.1, -0.05) is 36.2 Å². The van der Waals surface area contributed by atoms with Crippen molar-refractivity contribution >= 4 is 29.1 Å². The van der Waals surface area contributed by atoms with Crippen LogP contribution in [-0.2, 0) is 0 Å². The molecular weight excluding hydrogens is 327 g/mol. The van der Waals surface area contributed by atoms with E-state index in [9.17, 15) is 4.79 Å². The van der Waals surface area contributed by atoms with Crippen molar-refractivity contribution in [2.75, 3.05) is 13.2 Å². The van der Waals surface area contributed by atoms with E-state index in [2.05, 4.69) is 15.4 Å². The highest BCUT2D eigenvalue weighted by Gasteiger charge is 2.18. The molecule has 0 saturated heterocycles. The van der Waals surface area contributed by atoms with E-state index >= 15 is 0 Å². The number of rotatable bonds is 5. The Kier molecular flexibility index (Phi) is 5.39. The maximum absolute atomic E-state index is 12.0. The molecule has 2 rings (SSSR count). The Balaban J connectivity index is 2.27. The van der Waals surface area contributed by atoms with Crippen LogP contribution in [0.15, 0.2) is 18.2 Å². The topological polar surface area (TPSA) is 80.0 Å². The molecule has 0 aliphatic carbocycles. The summed E-state index contributed by atoms with van der Waals surface area (Å²) >= 11 is 12.3. The summed E-state index contributed by atoms with van der Waals surface area (Å²) in [5.41, 5.74) is 0.485. The highest BCUT2D eigenvalue weighted by molar-refractivity contribution is 6.37. The van der Waals surface area contributed by atoms with Crippen molar-refractivity contribution in [1.29, 1.82) is 0 Å². The average Bonchev–Trinajstić information content (AvgIpc) is 2.86. The molecule has 1 aromatic carbocycles. The lowest BCUT2D eigenvalue weighted by atomic mass is 10.2. The van der Waals surface area contributed by atoms with Gasteiger partial charge in [0.05, 0.1) is 10.0 Å². The van der Waals surface area contributed by atoms with E-state index in [1.54, 1.807) is 25.1 Å². The van der Waals surface area contributed by atoms with Gasteiger partial charge in [0.25, 0.3) is 5.91 Å². The van der Waals surface area contributed by atoms with Crippen LogP contribution in [0.5, 0.6) is 0 Å². The maximum Gasteiger partial charge on any atom is 0.290 e. The first kappa shape index (κ1) is 16.7. The van der Waals surface area contributed by atoms with Crippen molar-refractivity contribution in [3.63, 3.8) is 0 Å². The number of hydrogen-bond donors (Lipinski definition) is 2. The first-order valence-corrected chi connectivity index (χ1v) is 7.46. The van der Waals surface area contributed by atoms with Crippen LogP contribution in [0, 0.1) is 12.8 Å². The van der Waals surface area contributed by atoms with Gasteiger partial charge in [0.1, 0.15) is 11.5 Å². The number of nitrogens with zero attached hydrogens (tertiary/aromatic N) is 3. The van der Waals surface area contributed by atoms with E-state index in [1.165, 1.54) is 4.68 Å². The minimum absolute atomic E-state index is 0.00356. The number of para-hydroxylation sites is 1. The Morgan fingerprint density at radius 2 is 2.05 bits per heavy atom. The molecule has 0 aliphatic rings. The molecule has 1 atom stereocenters. The van der Waals surface area contributed by atoms with Crippen LogP contribution >= 0.6 is 23.2 Å². The first-order chi connectivity index (χ1) is 10.4. The lowest BCUT2D eigenvalue weighted by Crippen LogP contribution is -2.30. The van der Waals surface area contributed by atoms with Crippen LogP contribution in [0.1, 0.15) is 23.4 Å². The first-order valence-electron chi connectivity index (χ1n) is 6.71. The zero-order valence-electron chi connectivity index (χ0n) is 12.2. The van der Waals surface area contributed by atoms with Gasteiger partial charge < -0.3 is 10.4 Å². The molecule has 2 N–H and O–H groups in total. The number of aliphatic hydroxyl groups is 1. The Morgan fingerprint density at radius 3 is 2.64 bits per heavy atom. The molecule has 1 heterocycles. The Labute approximate surface area is 138 Å². The normalized spacial score (nSPS) is 12.2. The number of hydrogen-bond acceptors (Lipinski definition) is 4. The number of aryl methyl sites for hydroxylation is 1. The van der Waals surface area contributed by atoms with Gasteiger partial charge in [-0.3, -0.25) is 4.79 Å². The predicted octanol–water partition coefficient (Wildman–Crippen LogP) is 2.24. The molecule has 0 aliphatic heterocycles. The van der Waals surface area contributed by atoms with Crippen LogP contribution < -0.4 is 5.32 Å². The van der Waals surface area contributed by atoms with Gasteiger partial charge in [0.15, 0.2) is 0 Å². The SMILES string of the molecule is Cc1nc(C(=O)NCC(C)CO)nn1-c1c(Cl)cccc1Cl. The van der Waals surface area contributed by atoms with E-state index in [1.807, 2.05) is 6.92 Å². The van der Waals surface area contributed by atoms with E-state index < -0.39 is 5.91 Å². The second-order valence-corrected chi connectivity index (χ2v) is 5.78. The van der Waals surface area contributed by atoms with Crippen LogP contribution in [0.25, 0.3) is 5.69 Å². The number of carbonyl (C=O) groups excluding carboxylic acids is 1. The van der Waals surface area contributed by atoms with Crippen LogP contribution in [0.2, 0.25) is 10.0 Å². The number of carbonyl (C=O) groups is 1. The number of benzene rings is 1. The zero-order valence-corrected chi connectivity index (χ0v) is 13.7. The summed E-state index contributed by atoms with van der Waals surface area (Å²) in [5, 5.41) is 16.6. The van der Waals surface area contributed by atoms with Crippen molar-refractivity contribution in [2.45, 2.75) is 13.8 Å². The number of aliphatic hydroxyl groups excluding tert-OH is 1. The fraction of sp³-hybridized carbons (Fsp3) is 0.357. The van der Waals surface area contributed by atoms with Gasteiger partial charge in [-0.25, -0.2) is 9.67 Å². The number of halogens is 2. The fourth-order valence-electron chi connectivity index (χ4n) is 1.80. The maximum atomic E-state index is 12.0. The molecule has 0 radical (unpaired) electrons. The van der Waals surface area contributed by atoms with Gasteiger partial charge in [-0.2, -0.15) is 0 Å². The van der Waals surface area contributed by atoms with E-state index in [0.29, 0.717) is 28.1 Å². The van der Waals surface area contributed by atoms with Crippen LogP contribution in [-0.4, -0.2) is 38.9 Å². The second kappa shape index (κ2) is 7.09. The summed E-state index contributed by atoms with van der Waals surface area (Å²) in [6, 6.07) is 5.10. The molecule has 0 fully saturated rings. The molecular formula is C14H16Cl2N4O2. The van der Waals surface area contributed by atoms with Gasteiger partial charge in [0.2, 0.25) is 5.82 Å². The third kappa shape index (κ3) is 3.58. The third-order valence-corrected chi connectivity index (χ3v) is 3.65. The zero-order chi connectivity index (χ0) is 16.3. The lowest BCUT2D eigenvalue weighted by molar-refractivity contribution is 0.0932. The standard InChI is InChI=1S/C14H16Cl2N4O2/c1-8(7-21)6-17-14(22)13-18-9(2)20(19-13)12-10(15)4-3-5-11(12)16/h3-5,8,21H,6-7H2,1-2H3,(H,17,22). The van der Waals surface area contributed by atoms with Gasteiger partial charge in [0, 0.05) is 13.2 Å². The van der Waals surface area contributed by atoms with Crippen molar-refractivity contribution in [3.05, 3.63) is 39.9 Å². The highest BCUT2D eigenvalue weighted by atomic mass is 35.5. The van der Waals surface area contributed by atoms with Gasteiger partial charge >= 0.3 is 0 Å². The summed E-state index contributed by atoms with van der Waals surface area (Å²) in [6.07, 6.45) is 0. The van der Waals surface area contributed by atoms with E-state index in [-0.39, 0.29) is 18.3 Å². The lowest BCUT2D eigenvalue weighted by Gasteiger charge is -2.08. The van der Waals surface area contributed by atoms with Crippen LogP contribution in [0.4, 0.5) is 0 Å². The fourth-order valence-corrected chi connectivity index (χ4v) is 2.36. The number of amides is 1. The summed E-state index contributed by atoms with van der Waals surface area (Å²) in [7, 11) is 0. The summed E-state index contributed by atoms with van der Waals surface area (Å²) in [4.78, 5) is 16.2. The molecule has 1 unspecified atom stereocenters. The Morgan fingerprint density at radius 1 is 1.41 bits per heavy atom. The molecule has 6 nitrogen and oxygen atoms in total. The van der Waals surface area contributed by atoms with Crippen molar-refractivity contribution in [2.24, 2.45) is 5.92 Å². The summed E-state index contributed by atoms with van der Waals surface area (Å²) < 4.78 is 1.44. The predicted molar refractivity (Wildman–Crippen MR) is 84.7 cm³/mol. The Bertz CT molecular complexity index is 667. The smallest absolute Gasteiger partial charge is 0.290 e. The monoisotopic (exact) mass is 342 g/mol. The highest BCUT2D eigenvalue weighted by Crippen LogP contribution is 2.28. The molecule has 8 heteroatoms. The average molecular weight is 343 g/mol. The molecule has 1 aromatic heterocycles. The van der Waals surface area contributed by atoms with Crippen LogP contribution in [0.3, 0.4) is 0 Å². The molecule has 2 aromatic rings. The molecule has 0 bridgehead atoms. The number of aromatic nitrogens is 3. The van der Waals surface area contributed by atoms with Gasteiger partial charge in [-0.15, -0.1) is 5.10 Å². The summed E-state index contributed by atoms with van der Waals surface area (Å²) in [5.74, 6) is 0.0736.